The Bertz CT molecular complexity index is 1620. The number of amides is 2. The Morgan fingerprint density at radius 2 is 1.53 bits per heavy atom. The molecule has 2 aliphatic carbocycles. The lowest BCUT2D eigenvalue weighted by Crippen LogP contribution is -2.31. The van der Waals surface area contributed by atoms with Gasteiger partial charge in [-0.3, -0.25) is 8.05 Å². The Kier molecular flexibility index (Phi) is 25.7. The number of carbonyl (C=O) groups excluding carboxylic acids is 2. The quantitative estimate of drug-likeness (QED) is 0.00669. The number of halogens is 1. The van der Waals surface area contributed by atoms with Crippen LogP contribution < -0.4 is 14.2 Å². The number of hydrogen-bond acceptors (Lipinski definition) is 20. The highest BCUT2D eigenvalue weighted by atomic mass is 127. The van der Waals surface area contributed by atoms with E-state index in [0.717, 1.165) is 6.54 Å². The molecule has 7 atom stereocenters. The van der Waals surface area contributed by atoms with Gasteiger partial charge in [0.05, 0.1) is 57.9 Å². The zero-order chi connectivity index (χ0) is 45.8. The van der Waals surface area contributed by atoms with Crippen molar-refractivity contribution in [2.24, 2.45) is 0 Å². The van der Waals surface area contributed by atoms with Gasteiger partial charge < -0.3 is 63.4 Å². The number of phosphoric ester groups is 1. The molecule has 1 heterocycles. The van der Waals surface area contributed by atoms with Crippen LogP contribution in [0.4, 0.5) is 9.59 Å². The minimum absolute atomic E-state index is 0.0387. The summed E-state index contributed by atoms with van der Waals surface area (Å²) in [4.78, 5) is 61.1. The van der Waals surface area contributed by atoms with E-state index in [1.54, 1.807) is 28.9 Å². The summed E-state index contributed by atoms with van der Waals surface area (Å²) in [7, 11) is -8.72. The van der Waals surface area contributed by atoms with Crippen molar-refractivity contribution in [3.05, 3.63) is 0 Å². The SMILES string of the molecule is CSSCO[C@H]1CC2(C[C@H]2[B]C#CCNC(=O)OCCCCOCSSC(C)(C)CCOC(=O)NCCOCCOCCNI)OC12C[C@H]2OP(=O)(O)OP(=O)(O)OP(=O)(O)O. The molecular formula is C31H55BIN3O19P3S4. The number of carbonyl (C=O) groups is 2. The third kappa shape index (κ3) is 23.0. The van der Waals surface area contributed by atoms with Crippen LogP contribution >= 0.6 is 89.5 Å². The van der Waals surface area contributed by atoms with E-state index in [1.807, 2.05) is 6.26 Å². The lowest BCUT2D eigenvalue weighted by atomic mass is 9.71. The van der Waals surface area contributed by atoms with Crippen LogP contribution in [0.25, 0.3) is 0 Å². The van der Waals surface area contributed by atoms with Gasteiger partial charge in [0.15, 0.2) is 0 Å². The Hall–Kier alpha value is 0.465. The highest BCUT2D eigenvalue weighted by Gasteiger charge is 2.76. The van der Waals surface area contributed by atoms with Gasteiger partial charge in [0.1, 0.15) is 23.6 Å². The monoisotopic (exact) mass is 1130 g/mol. The molecule has 22 nitrogen and oxygen atoms in total. The first kappa shape index (κ1) is 56.8. The van der Waals surface area contributed by atoms with Gasteiger partial charge in [-0.25, -0.2) is 23.3 Å². The van der Waals surface area contributed by atoms with Gasteiger partial charge in [-0.2, -0.15) is 14.4 Å². The van der Waals surface area contributed by atoms with E-state index in [1.165, 1.54) is 21.6 Å². The standard InChI is InChI=1S/C31H55BIN3O19P3S4/c1-29(2,7-14-50-28(38)35-10-15-46-17-18-47-16-11-36-33)62-61-22-48-12-4-5-13-49-27(37)34-9-6-8-32-24-19-30(24)20-25(51-23-60-59-3)31(53-30)21-26(31)52-57(42,43)55-58(44,45)54-56(39,40)41/h24-26,36H,4-5,7,9-23H2,1-3H3,(H,34,37)(H,35,38)(H,42,43)(H,44,45)(H2,39,40,41)/t24-,25+,26-,30?,31?/m1/s1. The van der Waals surface area contributed by atoms with Crippen molar-refractivity contribution in [2.45, 2.75) is 86.3 Å². The maximum absolute atomic E-state index is 12.5. The molecule has 62 heavy (non-hydrogen) atoms. The van der Waals surface area contributed by atoms with Crippen LogP contribution in [0.3, 0.4) is 0 Å². The third-order valence-corrected chi connectivity index (χ3v) is 17.6. The van der Waals surface area contributed by atoms with Gasteiger partial charge in [0, 0.05) is 60.1 Å². The lowest BCUT2D eigenvalue weighted by Gasteiger charge is -2.22. The van der Waals surface area contributed by atoms with E-state index in [0.29, 0.717) is 77.6 Å². The summed E-state index contributed by atoms with van der Waals surface area (Å²) in [5, 5.41) is 5.23. The molecule has 0 aromatic heterocycles. The Balaban J connectivity index is 1.21. The minimum atomic E-state index is -5.67. The third-order valence-electron chi connectivity index (χ3n) is 8.76. The van der Waals surface area contributed by atoms with E-state index in [-0.39, 0.29) is 42.7 Å². The zero-order valence-corrected chi connectivity index (χ0v) is 42.4. The Morgan fingerprint density at radius 1 is 0.839 bits per heavy atom. The second-order valence-electron chi connectivity index (χ2n) is 14.2. The second-order valence-corrected chi connectivity index (χ2v) is 24.8. The van der Waals surface area contributed by atoms with Crippen LogP contribution in [-0.4, -0.2) is 151 Å². The molecule has 31 heteroatoms. The van der Waals surface area contributed by atoms with E-state index in [4.69, 9.17) is 47.5 Å². The van der Waals surface area contributed by atoms with Crippen LogP contribution in [0.5, 0.6) is 0 Å². The first-order valence-electron chi connectivity index (χ1n) is 19.1. The summed E-state index contributed by atoms with van der Waals surface area (Å²) in [5.74, 6) is 6.37. The minimum Gasteiger partial charge on any atom is -0.450 e. The average molecular weight is 1130 g/mol. The number of hydrogen-bond donors (Lipinski definition) is 7. The maximum atomic E-state index is 12.5. The molecule has 3 fully saturated rings. The fourth-order valence-electron chi connectivity index (χ4n) is 5.74. The highest BCUT2D eigenvalue weighted by Crippen LogP contribution is 2.72. The number of alkyl carbamates (subject to hydrolysis) is 2. The normalized spacial score (nSPS) is 24.7. The molecule has 0 bridgehead atoms. The molecule has 7 N–H and O–H groups in total. The van der Waals surface area contributed by atoms with Gasteiger partial charge in [-0.15, -0.1) is 0 Å². The summed E-state index contributed by atoms with van der Waals surface area (Å²) in [5.41, 5.74) is -1.87. The van der Waals surface area contributed by atoms with Gasteiger partial charge in [0.2, 0.25) is 7.28 Å². The van der Waals surface area contributed by atoms with Crippen LogP contribution in [0, 0.1) is 11.7 Å². The first-order valence-corrected chi connectivity index (χ1v) is 29.7. The molecule has 2 spiro atoms. The van der Waals surface area contributed by atoms with Crippen LogP contribution in [0.1, 0.15) is 52.4 Å². The number of nitrogens with one attached hydrogen (secondary N) is 3. The number of unbranched alkanes of at least 4 members (excludes halogenated alkanes) is 1. The Labute approximate surface area is 392 Å². The van der Waals surface area contributed by atoms with E-state index >= 15 is 0 Å². The van der Waals surface area contributed by atoms with Crippen molar-refractivity contribution in [1.29, 1.82) is 0 Å². The maximum Gasteiger partial charge on any atom is 0.490 e. The van der Waals surface area contributed by atoms with Gasteiger partial charge in [-0.05, 0) is 51.6 Å². The van der Waals surface area contributed by atoms with E-state index < -0.39 is 59.1 Å². The number of phosphoric acid groups is 3. The van der Waals surface area contributed by atoms with Crippen LogP contribution in [0.15, 0.2) is 0 Å². The van der Waals surface area contributed by atoms with Crippen molar-refractivity contribution in [1.82, 2.24) is 14.2 Å². The number of ether oxygens (including phenoxy) is 7. The van der Waals surface area contributed by atoms with E-state index in [9.17, 15) is 33.1 Å². The largest absolute Gasteiger partial charge is 0.490 e. The fraction of sp³-hybridized carbons (Fsp3) is 0.871. The Morgan fingerprint density at radius 3 is 2.24 bits per heavy atom. The zero-order valence-electron chi connectivity index (χ0n) is 34.3. The molecule has 0 aromatic rings. The summed E-state index contributed by atoms with van der Waals surface area (Å²) < 4.78 is 90.0. The van der Waals surface area contributed by atoms with Crippen molar-refractivity contribution < 1.29 is 89.2 Å². The molecule has 1 radical (unpaired) electrons. The molecule has 4 unspecified atom stereocenters. The predicted octanol–water partition coefficient (Wildman–Crippen LogP) is 4.94. The second kappa shape index (κ2) is 28.1. The molecule has 357 valence electrons. The van der Waals surface area contributed by atoms with Gasteiger partial charge >= 0.3 is 35.7 Å². The highest BCUT2D eigenvalue weighted by molar-refractivity contribution is 14.1. The molecule has 2 saturated carbocycles. The van der Waals surface area contributed by atoms with Crippen molar-refractivity contribution in [3.8, 4) is 11.7 Å². The summed E-state index contributed by atoms with van der Waals surface area (Å²) in [6.45, 7) is 8.23. The molecule has 3 aliphatic rings. The topological polar surface area (TPSA) is 295 Å². The average Bonchev–Trinajstić information content (AvgIpc) is 4.00. The smallest absolute Gasteiger partial charge is 0.450 e. The van der Waals surface area contributed by atoms with Crippen LogP contribution in [-0.2, 0) is 60.0 Å². The molecule has 0 aromatic carbocycles. The molecule has 3 rings (SSSR count). The van der Waals surface area contributed by atoms with Crippen molar-refractivity contribution in [2.75, 3.05) is 84.0 Å². The van der Waals surface area contributed by atoms with Crippen molar-refractivity contribution in [3.63, 3.8) is 0 Å². The first-order chi connectivity index (χ1) is 29.3. The molecule has 1 saturated heterocycles. The van der Waals surface area contributed by atoms with Crippen molar-refractivity contribution >= 4 is 109 Å². The lowest BCUT2D eigenvalue weighted by molar-refractivity contribution is -0.0578. The van der Waals surface area contributed by atoms with E-state index in [2.05, 4.69) is 71.2 Å². The van der Waals surface area contributed by atoms with Crippen LogP contribution in [0.2, 0.25) is 5.82 Å². The summed E-state index contributed by atoms with van der Waals surface area (Å²) >= 11 is 2.05. The summed E-state index contributed by atoms with van der Waals surface area (Å²) in [6, 6.07) is 0. The van der Waals surface area contributed by atoms with Gasteiger partial charge in [-0.1, -0.05) is 49.1 Å². The predicted molar refractivity (Wildman–Crippen MR) is 244 cm³/mol. The fourth-order valence-corrected chi connectivity index (χ4v) is 12.2. The number of rotatable bonds is 33. The molecular weight excluding hydrogens is 1080 g/mol. The molecule has 1 aliphatic heterocycles. The summed E-state index contributed by atoms with van der Waals surface area (Å²) in [6.07, 6.45) is 2.12. The molecule has 2 amide bonds. The van der Waals surface area contributed by atoms with Gasteiger partial charge in [0.25, 0.3) is 0 Å².